The van der Waals surface area contributed by atoms with E-state index in [1.165, 1.54) is 6.42 Å². The van der Waals surface area contributed by atoms with Crippen LogP contribution in [0.25, 0.3) is 0 Å². The molecule has 0 spiro atoms. The van der Waals surface area contributed by atoms with E-state index in [9.17, 15) is 0 Å². The first-order valence-corrected chi connectivity index (χ1v) is 6.39. The summed E-state index contributed by atoms with van der Waals surface area (Å²) in [5.74, 6) is 3.48. The Morgan fingerprint density at radius 3 is 1.33 bits per heavy atom. The van der Waals surface area contributed by atoms with Gasteiger partial charge < -0.3 is 0 Å². The normalized spacial score (nSPS) is 40.1. The topological polar surface area (TPSA) is 0 Å². The summed E-state index contributed by atoms with van der Waals surface area (Å²) in [6, 6.07) is 0. The molecule has 0 aliphatic heterocycles. The lowest BCUT2D eigenvalue weighted by Gasteiger charge is -2.44. The summed E-state index contributed by atoms with van der Waals surface area (Å²) >= 11 is 0. The predicted octanol–water partition coefficient (Wildman–Crippen LogP) is 4.52. The summed E-state index contributed by atoms with van der Waals surface area (Å²) in [4.78, 5) is 0. The van der Waals surface area contributed by atoms with Crippen molar-refractivity contribution in [3.8, 4) is 0 Å². The number of hydrogen-bond acceptors (Lipinski definition) is 0. The van der Waals surface area contributed by atoms with Gasteiger partial charge in [0, 0.05) is 0 Å². The minimum absolute atomic E-state index is 0.460. The molecule has 2 aliphatic carbocycles. The van der Waals surface area contributed by atoms with Gasteiger partial charge in [0.05, 0.1) is 0 Å². The van der Waals surface area contributed by atoms with E-state index in [0.717, 1.165) is 23.7 Å². The van der Waals surface area contributed by atoms with E-state index >= 15 is 0 Å². The Kier molecular flexibility index (Phi) is 2.34. The predicted molar refractivity (Wildman–Crippen MR) is 66.6 cm³/mol. The Hall–Kier alpha value is -0.260. The van der Waals surface area contributed by atoms with Gasteiger partial charge in [0.25, 0.3) is 0 Å². The average Bonchev–Trinajstić information content (AvgIpc) is 2.56. The lowest BCUT2D eigenvalue weighted by atomic mass is 9.60. The second kappa shape index (κ2) is 3.12. The zero-order chi connectivity index (χ0) is 11.4. The lowest BCUT2D eigenvalue weighted by Crippen LogP contribution is -2.38. The number of hydrogen-bond donors (Lipinski definition) is 0. The molecule has 2 aliphatic rings. The fourth-order valence-corrected chi connectivity index (χ4v) is 4.18. The molecule has 0 heteroatoms. The van der Waals surface area contributed by atoms with Crippen LogP contribution in [-0.4, -0.2) is 0 Å². The van der Waals surface area contributed by atoms with Crippen molar-refractivity contribution in [3.63, 3.8) is 0 Å². The van der Waals surface area contributed by atoms with E-state index in [0.29, 0.717) is 10.8 Å². The quantitative estimate of drug-likeness (QED) is 0.511. The molecule has 15 heavy (non-hydrogen) atoms. The molecule has 0 heterocycles. The highest BCUT2D eigenvalue weighted by Gasteiger charge is 2.52. The van der Waals surface area contributed by atoms with Gasteiger partial charge in [-0.2, -0.15) is 0 Å². The SMILES string of the molecule is CC(C)(C)[C@@H]1C2C=CC(C2)[C@@H]1C(C)(C)C. The molecule has 1 fully saturated rings. The van der Waals surface area contributed by atoms with Crippen LogP contribution in [0.2, 0.25) is 0 Å². The Morgan fingerprint density at radius 1 is 0.733 bits per heavy atom. The van der Waals surface area contributed by atoms with Gasteiger partial charge in [-0.25, -0.2) is 0 Å². The van der Waals surface area contributed by atoms with E-state index in [-0.39, 0.29) is 0 Å². The molecule has 0 aromatic rings. The van der Waals surface area contributed by atoms with Crippen LogP contribution in [-0.2, 0) is 0 Å². The van der Waals surface area contributed by atoms with Crippen LogP contribution >= 0.6 is 0 Å². The van der Waals surface area contributed by atoms with Crippen molar-refractivity contribution in [2.75, 3.05) is 0 Å². The molecule has 0 amide bonds. The Labute approximate surface area is 95.1 Å². The first kappa shape index (κ1) is 11.2. The molecule has 0 aromatic heterocycles. The van der Waals surface area contributed by atoms with Crippen LogP contribution < -0.4 is 0 Å². The third-order valence-electron chi connectivity index (χ3n) is 4.46. The fourth-order valence-electron chi connectivity index (χ4n) is 4.18. The van der Waals surface area contributed by atoms with E-state index in [2.05, 4.69) is 53.7 Å². The summed E-state index contributed by atoms with van der Waals surface area (Å²) in [6.45, 7) is 14.5. The Balaban J connectivity index is 2.33. The van der Waals surface area contributed by atoms with Gasteiger partial charge in [0.1, 0.15) is 0 Å². The first-order chi connectivity index (χ1) is 6.71. The summed E-state index contributed by atoms with van der Waals surface area (Å²) in [5, 5.41) is 0. The second-order valence-corrected chi connectivity index (χ2v) is 7.73. The van der Waals surface area contributed by atoms with E-state index < -0.39 is 0 Å². The second-order valence-electron chi connectivity index (χ2n) is 7.73. The average molecular weight is 206 g/mol. The van der Waals surface area contributed by atoms with Crippen molar-refractivity contribution in [2.24, 2.45) is 34.5 Å². The Bertz CT molecular complexity index is 243. The van der Waals surface area contributed by atoms with Gasteiger partial charge in [-0.1, -0.05) is 53.7 Å². The van der Waals surface area contributed by atoms with Gasteiger partial charge in [-0.15, -0.1) is 0 Å². The Morgan fingerprint density at radius 2 is 1.07 bits per heavy atom. The van der Waals surface area contributed by atoms with E-state index in [1.807, 2.05) is 0 Å². The fraction of sp³-hybridized carbons (Fsp3) is 0.867. The van der Waals surface area contributed by atoms with Crippen LogP contribution in [0.3, 0.4) is 0 Å². The smallest absolute Gasteiger partial charge is 0.0191 e. The summed E-state index contributed by atoms with van der Waals surface area (Å²) in [7, 11) is 0. The van der Waals surface area contributed by atoms with Crippen LogP contribution in [0.15, 0.2) is 12.2 Å². The van der Waals surface area contributed by atoms with Gasteiger partial charge in [-0.05, 0) is 40.9 Å². The highest BCUT2D eigenvalue weighted by atomic mass is 14.6. The molecular weight excluding hydrogens is 180 g/mol. The first-order valence-electron chi connectivity index (χ1n) is 6.39. The van der Waals surface area contributed by atoms with Crippen molar-refractivity contribution < 1.29 is 0 Å². The summed E-state index contributed by atoms with van der Waals surface area (Å²) in [6.07, 6.45) is 6.40. The molecule has 4 atom stereocenters. The van der Waals surface area contributed by atoms with Crippen molar-refractivity contribution in [3.05, 3.63) is 12.2 Å². The zero-order valence-electron chi connectivity index (χ0n) is 11.2. The maximum Gasteiger partial charge on any atom is -0.0191 e. The molecule has 0 N–H and O–H groups in total. The lowest BCUT2D eigenvalue weighted by molar-refractivity contribution is 0.0622. The molecule has 2 rings (SSSR count). The molecule has 2 bridgehead atoms. The molecule has 0 aromatic carbocycles. The van der Waals surface area contributed by atoms with Gasteiger partial charge in [0.15, 0.2) is 0 Å². The third-order valence-corrected chi connectivity index (χ3v) is 4.46. The van der Waals surface area contributed by atoms with Crippen LogP contribution in [0, 0.1) is 34.5 Å². The van der Waals surface area contributed by atoms with Crippen molar-refractivity contribution in [2.45, 2.75) is 48.0 Å². The largest absolute Gasteiger partial charge is 0.0848 e. The molecule has 1 saturated carbocycles. The van der Waals surface area contributed by atoms with Crippen molar-refractivity contribution in [1.82, 2.24) is 0 Å². The maximum absolute atomic E-state index is 2.49. The van der Waals surface area contributed by atoms with Gasteiger partial charge >= 0.3 is 0 Å². The molecule has 0 radical (unpaired) electrons. The van der Waals surface area contributed by atoms with Crippen molar-refractivity contribution in [1.29, 1.82) is 0 Å². The minimum Gasteiger partial charge on any atom is -0.0848 e. The van der Waals surface area contributed by atoms with E-state index in [1.54, 1.807) is 0 Å². The highest BCUT2D eigenvalue weighted by molar-refractivity contribution is 5.17. The minimum atomic E-state index is 0.460. The molecular formula is C15H26. The van der Waals surface area contributed by atoms with Crippen LogP contribution in [0.5, 0.6) is 0 Å². The van der Waals surface area contributed by atoms with Crippen molar-refractivity contribution >= 4 is 0 Å². The number of fused-ring (bicyclic) bond motifs is 2. The summed E-state index contributed by atoms with van der Waals surface area (Å²) < 4.78 is 0. The molecule has 0 saturated heterocycles. The third kappa shape index (κ3) is 1.77. The van der Waals surface area contributed by atoms with Crippen LogP contribution in [0.4, 0.5) is 0 Å². The van der Waals surface area contributed by atoms with Gasteiger partial charge in [0.2, 0.25) is 0 Å². The molecule has 86 valence electrons. The zero-order valence-corrected chi connectivity index (χ0v) is 11.2. The monoisotopic (exact) mass is 206 g/mol. The highest BCUT2D eigenvalue weighted by Crippen LogP contribution is 2.59. The number of allylic oxidation sites excluding steroid dienone is 2. The van der Waals surface area contributed by atoms with Gasteiger partial charge in [-0.3, -0.25) is 0 Å². The standard InChI is InChI=1S/C15H26/c1-14(2,3)12-10-7-8-11(9-10)13(12)15(4,5)6/h7-8,10-13H,9H2,1-6H3/t10?,11?,12-,13+. The molecule has 0 nitrogen and oxygen atoms in total. The number of rotatable bonds is 0. The maximum atomic E-state index is 2.49. The van der Waals surface area contributed by atoms with E-state index in [4.69, 9.17) is 0 Å². The molecule has 2 unspecified atom stereocenters. The van der Waals surface area contributed by atoms with Crippen LogP contribution in [0.1, 0.15) is 48.0 Å². The summed E-state index contributed by atoms with van der Waals surface area (Å²) in [5.41, 5.74) is 0.921.